The number of benzene rings is 8. The largest absolute Gasteiger partial charge is 0.450 e. The number of carbonyl (C=O) groups is 2. The fourth-order valence-corrected chi connectivity index (χ4v) is 11.8. The number of ether oxygens (including phenoxy) is 4. The molecule has 0 aliphatic carbocycles. The number of hydrogen-bond acceptors (Lipinski definition) is 16. The second kappa shape index (κ2) is 22.2. The van der Waals surface area contributed by atoms with Gasteiger partial charge in [0.2, 0.25) is 23.0 Å². The number of imide groups is 1. The summed E-state index contributed by atoms with van der Waals surface area (Å²) in [6.07, 6.45) is 7.55. The Morgan fingerprint density at radius 3 is 0.935 bits per heavy atom. The number of nitrogens with one attached hydrogen (secondary N) is 2. The summed E-state index contributed by atoms with van der Waals surface area (Å²) in [4.78, 5) is 95.0. The molecule has 0 saturated carbocycles. The van der Waals surface area contributed by atoms with Crippen molar-refractivity contribution in [1.82, 2.24) is 19.9 Å². The van der Waals surface area contributed by atoms with Crippen LogP contribution in [-0.4, -0.2) is 51.4 Å². The Bertz CT molecular complexity index is 5160. The lowest BCUT2D eigenvalue weighted by atomic mass is 10.0. The summed E-state index contributed by atoms with van der Waals surface area (Å²) in [5, 5.41) is 52.0. The molecule has 4 aliphatic heterocycles. The Hall–Kier alpha value is -13.7. The second-order valence-corrected chi connectivity index (χ2v) is 21.5. The van der Waals surface area contributed by atoms with E-state index in [1.165, 1.54) is 30.3 Å². The van der Waals surface area contributed by atoms with Crippen molar-refractivity contribution in [2.45, 2.75) is 0 Å². The van der Waals surface area contributed by atoms with E-state index >= 15 is 0 Å². The van der Waals surface area contributed by atoms with Crippen LogP contribution in [-0.2, 0) is 0 Å². The maximum atomic E-state index is 13.9. The number of amides is 2. The van der Waals surface area contributed by atoms with Gasteiger partial charge in [0.1, 0.15) is 35.1 Å². The molecule has 0 fully saturated rings. The highest BCUT2D eigenvalue weighted by Crippen LogP contribution is 2.50. The summed E-state index contributed by atoms with van der Waals surface area (Å²) in [7, 11) is 0. The normalized spacial score (nSPS) is 12.7. The van der Waals surface area contributed by atoms with Crippen molar-refractivity contribution in [1.29, 1.82) is 0 Å². The molecule has 0 atom stereocenters. The molecule has 93 heavy (non-hydrogen) atoms. The molecular weight excluding hydrogens is 1190 g/mol. The van der Waals surface area contributed by atoms with Crippen LogP contribution < -0.4 is 23.8 Å². The van der Waals surface area contributed by atoms with Crippen molar-refractivity contribution in [3.8, 4) is 90.5 Å². The third-order valence-corrected chi connectivity index (χ3v) is 15.8. The maximum Gasteiger partial charge on any atom is 0.318 e. The molecule has 4 aliphatic rings. The number of nitro benzene ring substituents is 4. The summed E-state index contributed by atoms with van der Waals surface area (Å²) in [5.74, 6) is -5.44. The van der Waals surface area contributed by atoms with Crippen LogP contribution in [0.5, 0.6) is 46.0 Å². The molecule has 23 nitrogen and oxygen atoms in total. The number of carbonyl (C=O) groups excluding carboxylic acids is 2. The van der Waals surface area contributed by atoms with E-state index in [-0.39, 0.29) is 33.9 Å². The number of anilines is 1. The van der Waals surface area contributed by atoms with Gasteiger partial charge in [-0.1, -0.05) is 103 Å². The van der Waals surface area contributed by atoms with Gasteiger partial charge in [-0.3, -0.25) is 50.0 Å². The number of H-pyrrole nitrogens is 2. The second-order valence-electron chi connectivity index (χ2n) is 21.5. The first-order chi connectivity index (χ1) is 45.2. The number of hydrogen-bond donors (Lipinski definition) is 2. The van der Waals surface area contributed by atoms with E-state index in [2.05, 4.69) is 9.97 Å². The van der Waals surface area contributed by atoms with E-state index < -0.39 is 88.8 Å². The minimum absolute atomic E-state index is 0.0230. The first kappa shape index (κ1) is 55.9. The number of rotatable bonds is 9. The van der Waals surface area contributed by atoms with E-state index in [0.29, 0.717) is 68.1 Å². The Morgan fingerprint density at radius 1 is 0.333 bits per heavy atom. The van der Waals surface area contributed by atoms with Gasteiger partial charge in [0.15, 0.2) is 0 Å². The zero-order valence-corrected chi connectivity index (χ0v) is 47.7. The highest BCUT2D eigenvalue weighted by molar-refractivity contribution is 6.34. The van der Waals surface area contributed by atoms with Gasteiger partial charge in [-0.2, -0.15) is 0 Å². The SMILES string of the molecule is O=C1c2ccccc2C(=O)N1c1cc2cc(c1)Oc1cc(c([N+](=O)[O-])cc1[N+](=O)[O-])Oc1cc(cc(-c3c4nc(c(-c5ccccc5)c5ccc([nH]5)c(-c5ccccc5)c5nc(c(-c6ccccc6)c6ccc3[nH]6)C=C5)C=C4)c1)Oc1cc(c([N+](=O)[O-])cc1[N+](=O)[O-])O2. The van der Waals surface area contributed by atoms with Crippen LogP contribution >= 0.6 is 0 Å². The summed E-state index contributed by atoms with van der Waals surface area (Å²) in [5.41, 5.74) is 6.13. The predicted octanol–water partition coefficient (Wildman–Crippen LogP) is 17.2. The number of aromatic amines is 2. The Kier molecular flexibility index (Phi) is 13.3. The third kappa shape index (κ3) is 10.0. The first-order valence-electron chi connectivity index (χ1n) is 28.4. The van der Waals surface area contributed by atoms with Gasteiger partial charge in [-0.15, -0.1) is 0 Å². The van der Waals surface area contributed by atoms with Crippen molar-refractivity contribution in [2.75, 3.05) is 4.90 Å². The first-order valence-corrected chi connectivity index (χ1v) is 28.4. The molecule has 8 aromatic carbocycles. The summed E-state index contributed by atoms with van der Waals surface area (Å²) < 4.78 is 25.4. The van der Waals surface area contributed by atoms with Crippen LogP contribution in [0.15, 0.2) is 200 Å². The Morgan fingerprint density at radius 2 is 0.624 bits per heavy atom. The monoisotopic (exact) mass is 1230 g/mol. The lowest BCUT2D eigenvalue weighted by Gasteiger charge is -2.18. The average Bonchev–Trinajstić information content (AvgIpc) is 1.72. The molecule has 23 heteroatoms. The molecule has 15 rings (SSSR count). The minimum Gasteiger partial charge on any atom is -0.450 e. The van der Waals surface area contributed by atoms with Crippen LogP contribution in [0.2, 0.25) is 0 Å². The van der Waals surface area contributed by atoms with Crippen LogP contribution in [0.25, 0.3) is 90.9 Å². The van der Waals surface area contributed by atoms with Crippen LogP contribution in [0.1, 0.15) is 43.5 Å². The molecule has 0 saturated heterocycles. The molecule has 0 radical (unpaired) electrons. The summed E-state index contributed by atoms with van der Waals surface area (Å²) >= 11 is 0. The standard InChI is InChI=1S/C70H39N9O14/c80-69-47-18-10-11-19-48(47)70(81)75(69)42-30-45-33-46(31-42)93-64-37-62(58(77(84)85)35-60(64)79(88)89)91-44-29-41(28-43(32-44)90-61-36-63(92-45)59(78(86)87)34-57(61)76(82)83)68-55-26-24-53(73-55)66(39-14-6-2-7-15-39)51-22-20-49(71-51)65(38-12-4-1-5-13-38)50-21-23-52(72-50)67(40-16-8-3-9-17-40)54-25-27-56(68)74-54/h1-37,71,74H. The topological polar surface area (TPSA) is 304 Å². The Labute approximate surface area is 522 Å². The number of nitro groups is 4. The fraction of sp³-hybridized carbons (Fsp3) is 0. The number of aromatic nitrogens is 4. The van der Waals surface area contributed by atoms with E-state index in [4.69, 9.17) is 28.9 Å². The fourth-order valence-electron chi connectivity index (χ4n) is 11.8. The van der Waals surface area contributed by atoms with E-state index in [1.807, 2.05) is 133 Å². The molecular formula is C70H39N9O14. The summed E-state index contributed by atoms with van der Waals surface area (Å²) in [6, 6.07) is 53.4. The Balaban J connectivity index is 1.00. The minimum atomic E-state index is -0.938. The van der Waals surface area contributed by atoms with Gasteiger partial charge in [0.05, 0.1) is 59.3 Å². The van der Waals surface area contributed by atoms with Crippen molar-refractivity contribution in [3.05, 3.63) is 275 Å². The molecule has 7 heterocycles. The van der Waals surface area contributed by atoms with Crippen molar-refractivity contribution in [2.24, 2.45) is 0 Å². The van der Waals surface area contributed by atoms with Gasteiger partial charge in [-0.25, -0.2) is 14.9 Å². The molecule has 0 unspecified atom stereocenters. The molecule has 0 spiro atoms. The highest BCUT2D eigenvalue weighted by atomic mass is 16.6. The lowest BCUT2D eigenvalue weighted by molar-refractivity contribution is -0.395. The smallest absolute Gasteiger partial charge is 0.318 e. The van der Waals surface area contributed by atoms with Crippen LogP contribution in [0.3, 0.4) is 0 Å². The predicted molar refractivity (Wildman–Crippen MR) is 344 cm³/mol. The van der Waals surface area contributed by atoms with Crippen LogP contribution in [0, 0.1) is 40.5 Å². The van der Waals surface area contributed by atoms with Crippen molar-refractivity contribution < 1.29 is 48.2 Å². The van der Waals surface area contributed by atoms with Gasteiger partial charge < -0.3 is 28.9 Å². The van der Waals surface area contributed by atoms with Gasteiger partial charge in [-0.05, 0) is 95.1 Å². The van der Waals surface area contributed by atoms with Crippen molar-refractivity contribution >= 4 is 86.6 Å². The molecule has 11 aromatic rings. The van der Waals surface area contributed by atoms with Gasteiger partial charge in [0, 0.05) is 80.7 Å². The van der Waals surface area contributed by atoms with Crippen LogP contribution in [0.4, 0.5) is 28.4 Å². The quantitative estimate of drug-likeness (QED) is 0.0771. The van der Waals surface area contributed by atoms with E-state index in [1.54, 1.807) is 18.2 Å². The third-order valence-electron chi connectivity index (χ3n) is 15.8. The molecule has 448 valence electrons. The van der Waals surface area contributed by atoms with Gasteiger partial charge in [0.25, 0.3) is 11.8 Å². The maximum absolute atomic E-state index is 13.9. The zero-order valence-electron chi connectivity index (χ0n) is 47.7. The van der Waals surface area contributed by atoms with E-state index in [0.717, 1.165) is 63.0 Å². The van der Waals surface area contributed by atoms with E-state index in [9.17, 15) is 50.0 Å². The lowest BCUT2D eigenvalue weighted by Crippen LogP contribution is -2.29. The zero-order chi connectivity index (χ0) is 63.8. The summed E-state index contributed by atoms with van der Waals surface area (Å²) in [6.45, 7) is 0. The van der Waals surface area contributed by atoms with Gasteiger partial charge >= 0.3 is 22.7 Å². The highest BCUT2D eigenvalue weighted by Gasteiger charge is 2.38. The molecule has 3 aromatic heterocycles. The molecule has 16 bridgehead atoms. The van der Waals surface area contributed by atoms with Crippen molar-refractivity contribution in [3.63, 3.8) is 0 Å². The number of nitrogens with zero attached hydrogens (tertiary/aromatic N) is 7. The number of fused-ring (bicyclic) bond motifs is 17. The molecule has 2 N–H and O–H groups in total. The molecule has 2 amide bonds. The average molecular weight is 1230 g/mol.